The van der Waals surface area contributed by atoms with Crippen LogP contribution in [-0.2, 0) is 16.0 Å². The second-order valence-electron chi connectivity index (χ2n) is 8.14. The molecule has 6 heteroatoms. The largest absolute Gasteiger partial charge is 0.488 e. The van der Waals surface area contributed by atoms with Crippen molar-refractivity contribution in [3.05, 3.63) is 29.8 Å². The van der Waals surface area contributed by atoms with Crippen LogP contribution in [0.4, 0.5) is 4.79 Å². The number of benzene rings is 1. The molecule has 2 unspecified atom stereocenters. The lowest BCUT2D eigenvalue weighted by Crippen LogP contribution is -2.55. The van der Waals surface area contributed by atoms with Crippen molar-refractivity contribution in [1.82, 2.24) is 10.6 Å². The Morgan fingerprint density at radius 3 is 2.42 bits per heavy atom. The highest BCUT2D eigenvalue weighted by molar-refractivity contribution is 5.95. The van der Waals surface area contributed by atoms with E-state index in [-0.39, 0.29) is 18.1 Å². The number of imide groups is 1. The molecule has 2 N–H and O–H groups in total. The number of alkyl carbamates (subject to hydrolysis) is 1. The van der Waals surface area contributed by atoms with Gasteiger partial charge in [-0.25, -0.2) is 4.79 Å². The molecule has 1 aliphatic rings. The van der Waals surface area contributed by atoms with Crippen LogP contribution >= 0.6 is 0 Å². The van der Waals surface area contributed by atoms with E-state index in [0.29, 0.717) is 0 Å². The Morgan fingerprint density at radius 1 is 1.19 bits per heavy atom. The van der Waals surface area contributed by atoms with Gasteiger partial charge in [-0.05, 0) is 45.2 Å². The first-order valence-corrected chi connectivity index (χ1v) is 9.11. The van der Waals surface area contributed by atoms with Gasteiger partial charge in [0.05, 0.1) is 6.04 Å². The zero-order chi connectivity index (χ0) is 19.5. The topological polar surface area (TPSA) is 76.7 Å². The highest BCUT2D eigenvalue weighted by atomic mass is 16.6. The number of para-hydroxylation sites is 1. The Hall–Kier alpha value is -2.08. The Morgan fingerprint density at radius 2 is 1.85 bits per heavy atom. The number of amides is 2. The fraction of sp³-hybridized carbons (Fsp3) is 0.600. The van der Waals surface area contributed by atoms with Gasteiger partial charge < -0.3 is 9.47 Å². The fourth-order valence-electron chi connectivity index (χ4n) is 2.93. The highest BCUT2D eigenvalue weighted by Gasteiger charge is 2.32. The number of ether oxygens (including phenoxy) is 2. The van der Waals surface area contributed by atoms with Gasteiger partial charge in [-0.3, -0.25) is 15.4 Å². The molecule has 6 nitrogen and oxygen atoms in total. The van der Waals surface area contributed by atoms with Crippen LogP contribution in [0.2, 0.25) is 0 Å². The first-order chi connectivity index (χ1) is 12.1. The first-order valence-electron chi connectivity index (χ1n) is 9.11. The van der Waals surface area contributed by atoms with Gasteiger partial charge in [0.15, 0.2) is 0 Å². The third-order valence-corrected chi connectivity index (χ3v) is 4.25. The molecule has 0 bridgehead atoms. The molecule has 2 rings (SSSR count). The van der Waals surface area contributed by atoms with Crippen molar-refractivity contribution in [3.8, 4) is 5.75 Å². The summed E-state index contributed by atoms with van der Waals surface area (Å²) in [6.45, 7) is 11.1. The first kappa shape index (κ1) is 20.2. The van der Waals surface area contributed by atoms with E-state index in [1.54, 1.807) is 20.8 Å². The summed E-state index contributed by atoms with van der Waals surface area (Å²) in [5.41, 5.74) is 0.521. The SMILES string of the molecule is CC(N[C@H](C(=O)NC(=O)OC(C)(C)C)C(C)C)C1Cc2ccccc2O1. The van der Waals surface area contributed by atoms with Gasteiger partial charge in [0.1, 0.15) is 17.5 Å². The maximum absolute atomic E-state index is 12.5. The molecule has 1 aliphatic heterocycles. The second-order valence-corrected chi connectivity index (χ2v) is 8.14. The molecule has 0 spiro atoms. The van der Waals surface area contributed by atoms with Crippen molar-refractivity contribution in [2.24, 2.45) is 5.92 Å². The minimum Gasteiger partial charge on any atom is -0.488 e. The van der Waals surface area contributed by atoms with Crippen LogP contribution in [0.3, 0.4) is 0 Å². The molecule has 0 aliphatic carbocycles. The number of nitrogens with one attached hydrogen (secondary N) is 2. The zero-order valence-electron chi connectivity index (χ0n) is 16.5. The summed E-state index contributed by atoms with van der Waals surface area (Å²) >= 11 is 0. The van der Waals surface area contributed by atoms with Gasteiger partial charge >= 0.3 is 6.09 Å². The summed E-state index contributed by atoms with van der Waals surface area (Å²) in [6.07, 6.45) is 0.0122. The zero-order valence-corrected chi connectivity index (χ0v) is 16.5. The summed E-state index contributed by atoms with van der Waals surface area (Å²) in [7, 11) is 0. The predicted molar refractivity (Wildman–Crippen MR) is 100 cm³/mol. The Balaban J connectivity index is 1.95. The normalized spacial score (nSPS) is 18.7. The van der Waals surface area contributed by atoms with Crippen LogP contribution in [0.25, 0.3) is 0 Å². The van der Waals surface area contributed by atoms with E-state index >= 15 is 0 Å². The van der Waals surface area contributed by atoms with Crippen molar-refractivity contribution >= 4 is 12.0 Å². The minimum atomic E-state index is -0.730. The number of carbonyl (C=O) groups is 2. The van der Waals surface area contributed by atoms with Gasteiger partial charge in [0, 0.05) is 12.5 Å². The van der Waals surface area contributed by atoms with E-state index in [1.807, 2.05) is 39.0 Å². The van der Waals surface area contributed by atoms with E-state index in [0.717, 1.165) is 12.2 Å². The molecule has 0 saturated heterocycles. The van der Waals surface area contributed by atoms with Gasteiger partial charge in [-0.15, -0.1) is 0 Å². The van der Waals surface area contributed by atoms with E-state index in [9.17, 15) is 9.59 Å². The van der Waals surface area contributed by atoms with Crippen LogP contribution in [0.5, 0.6) is 5.75 Å². The molecule has 0 saturated carbocycles. The summed E-state index contributed by atoms with van der Waals surface area (Å²) in [5.74, 6) is 0.505. The molecular weight excluding hydrogens is 332 g/mol. The maximum Gasteiger partial charge on any atom is 0.414 e. The molecule has 144 valence electrons. The van der Waals surface area contributed by atoms with Gasteiger partial charge in [0.2, 0.25) is 5.91 Å². The monoisotopic (exact) mass is 362 g/mol. The summed E-state index contributed by atoms with van der Waals surface area (Å²) in [5, 5.41) is 5.64. The third-order valence-electron chi connectivity index (χ3n) is 4.25. The van der Waals surface area contributed by atoms with E-state index in [1.165, 1.54) is 5.56 Å². The van der Waals surface area contributed by atoms with Crippen molar-refractivity contribution in [1.29, 1.82) is 0 Å². The average Bonchev–Trinajstić information content (AvgIpc) is 2.93. The van der Waals surface area contributed by atoms with E-state index in [4.69, 9.17) is 9.47 Å². The van der Waals surface area contributed by atoms with Crippen LogP contribution in [-0.4, -0.2) is 35.8 Å². The van der Waals surface area contributed by atoms with E-state index in [2.05, 4.69) is 16.7 Å². The van der Waals surface area contributed by atoms with Gasteiger partial charge in [0.25, 0.3) is 0 Å². The van der Waals surface area contributed by atoms with Crippen LogP contribution < -0.4 is 15.4 Å². The molecule has 0 fully saturated rings. The molecule has 0 aromatic heterocycles. The lowest BCUT2D eigenvalue weighted by atomic mass is 10.00. The number of rotatable bonds is 5. The fourth-order valence-corrected chi connectivity index (χ4v) is 2.93. The maximum atomic E-state index is 12.5. The number of fused-ring (bicyclic) bond motifs is 1. The summed E-state index contributed by atoms with van der Waals surface area (Å²) in [6, 6.07) is 7.37. The lowest BCUT2D eigenvalue weighted by Gasteiger charge is -2.28. The quantitative estimate of drug-likeness (QED) is 0.842. The summed E-state index contributed by atoms with van der Waals surface area (Å²) < 4.78 is 11.2. The predicted octanol–water partition coefficient (Wildman–Crippen LogP) is 3.04. The van der Waals surface area contributed by atoms with Crippen LogP contribution in [0, 0.1) is 5.92 Å². The Bertz CT molecular complexity index is 626. The average molecular weight is 362 g/mol. The molecule has 26 heavy (non-hydrogen) atoms. The van der Waals surface area contributed by atoms with Gasteiger partial charge in [-0.1, -0.05) is 32.0 Å². The van der Waals surface area contributed by atoms with Crippen molar-refractivity contribution in [2.45, 2.75) is 71.8 Å². The van der Waals surface area contributed by atoms with Crippen molar-refractivity contribution in [3.63, 3.8) is 0 Å². The van der Waals surface area contributed by atoms with Crippen molar-refractivity contribution < 1.29 is 19.1 Å². The number of carbonyl (C=O) groups excluding carboxylic acids is 2. The standard InChI is InChI=1S/C20H30N2O4/c1-12(2)17(18(23)22-19(24)26-20(4,5)6)21-13(3)16-11-14-9-7-8-10-15(14)25-16/h7-10,12-13,16-17,21H,11H2,1-6H3,(H,22,23,24)/t13?,16?,17-/m0/s1. The van der Waals surface area contributed by atoms with Crippen LogP contribution in [0.1, 0.15) is 47.1 Å². The molecule has 1 aromatic rings. The lowest BCUT2D eigenvalue weighted by molar-refractivity contribution is -0.124. The number of hydrogen-bond acceptors (Lipinski definition) is 5. The molecule has 0 radical (unpaired) electrons. The molecule has 2 amide bonds. The van der Waals surface area contributed by atoms with E-state index < -0.39 is 23.6 Å². The highest BCUT2D eigenvalue weighted by Crippen LogP contribution is 2.29. The van der Waals surface area contributed by atoms with Crippen LogP contribution in [0.15, 0.2) is 24.3 Å². The second kappa shape index (κ2) is 8.08. The molecule has 1 aromatic carbocycles. The smallest absolute Gasteiger partial charge is 0.414 e. The minimum absolute atomic E-state index is 0.00339. The Labute approximate surface area is 155 Å². The van der Waals surface area contributed by atoms with Crippen molar-refractivity contribution in [2.75, 3.05) is 0 Å². The molecule has 3 atom stereocenters. The Kier molecular flexibility index (Phi) is 6.29. The third kappa shape index (κ3) is 5.46. The summed E-state index contributed by atoms with van der Waals surface area (Å²) in [4.78, 5) is 24.4. The molecule has 1 heterocycles. The van der Waals surface area contributed by atoms with Gasteiger partial charge in [-0.2, -0.15) is 0 Å². The number of hydrogen-bond donors (Lipinski definition) is 2. The molecular formula is C20H30N2O4.